The van der Waals surface area contributed by atoms with E-state index in [-0.39, 0.29) is 12.2 Å². The predicted octanol–water partition coefficient (Wildman–Crippen LogP) is 5.83. The van der Waals surface area contributed by atoms with Gasteiger partial charge in [-0.3, -0.25) is 9.59 Å². The maximum absolute atomic E-state index is 14.6. The first kappa shape index (κ1) is 33.5. The van der Waals surface area contributed by atoms with Gasteiger partial charge in [-0.05, 0) is 87.7 Å². The lowest BCUT2D eigenvalue weighted by Crippen LogP contribution is -2.55. The second-order valence-corrected chi connectivity index (χ2v) is 11.4. The molecule has 0 spiro atoms. The van der Waals surface area contributed by atoms with Crippen LogP contribution in [-0.4, -0.2) is 52.7 Å². The van der Waals surface area contributed by atoms with Crippen LogP contribution in [0.1, 0.15) is 63.8 Å². The molecule has 232 valence electrons. The lowest BCUT2D eigenvalue weighted by atomic mass is 9.94. The van der Waals surface area contributed by atoms with E-state index in [9.17, 15) is 19.5 Å². The minimum absolute atomic E-state index is 0.0686. The SMILES string of the molecule is C#Cc1ccccc1C(C(=O)Nc1ccc(OC)cc1)N(C(=O)C(Cc1ccc(O)cc1)NC(=O)OC(C)(C)C)C(C)CC. The molecule has 0 aliphatic carbocycles. The highest BCUT2D eigenvalue weighted by Gasteiger charge is 2.39. The molecule has 3 atom stereocenters. The molecule has 3 rings (SSSR count). The zero-order valence-corrected chi connectivity index (χ0v) is 26.1. The number of hydrogen-bond acceptors (Lipinski definition) is 6. The van der Waals surface area contributed by atoms with E-state index in [4.69, 9.17) is 15.9 Å². The van der Waals surface area contributed by atoms with Crippen LogP contribution in [-0.2, 0) is 20.7 Å². The predicted molar refractivity (Wildman–Crippen MR) is 170 cm³/mol. The summed E-state index contributed by atoms with van der Waals surface area (Å²) in [5.74, 6) is 2.36. The van der Waals surface area contributed by atoms with Crippen molar-refractivity contribution >= 4 is 23.6 Å². The van der Waals surface area contributed by atoms with E-state index in [1.165, 1.54) is 17.0 Å². The summed E-state index contributed by atoms with van der Waals surface area (Å²) in [6.45, 7) is 8.93. The highest BCUT2D eigenvalue weighted by Crippen LogP contribution is 2.30. The molecule has 9 nitrogen and oxygen atoms in total. The number of rotatable bonds is 11. The van der Waals surface area contributed by atoms with E-state index in [1.807, 2.05) is 13.8 Å². The van der Waals surface area contributed by atoms with Crippen molar-refractivity contribution < 1.29 is 29.0 Å². The Labute approximate surface area is 259 Å². The van der Waals surface area contributed by atoms with Gasteiger partial charge in [0.15, 0.2) is 0 Å². The summed E-state index contributed by atoms with van der Waals surface area (Å²) in [6, 6.07) is 17.5. The second kappa shape index (κ2) is 15.0. The molecule has 0 heterocycles. The van der Waals surface area contributed by atoms with Crippen LogP contribution >= 0.6 is 0 Å². The van der Waals surface area contributed by atoms with Crippen molar-refractivity contribution in [2.45, 2.75) is 71.2 Å². The highest BCUT2D eigenvalue weighted by molar-refractivity contribution is 5.99. The lowest BCUT2D eigenvalue weighted by Gasteiger charge is -2.38. The quantitative estimate of drug-likeness (QED) is 0.239. The minimum Gasteiger partial charge on any atom is -0.508 e. The second-order valence-electron chi connectivity index (χ2n) is 11.4. The molecule has 9 heteroatoms. The van der Waals surface area contributed by atoms with Crippen molar-refractivity contribution in [1.82, 2.24) is 10.2 Å². The number of carbonyl (C=O) groups excluding carboxylic acids is 3. The number of aromatic hydroxyl groups is 1. The molecular formula is C35H41N3O6. The van der Waals surface area contributed by atoms with E-state index in [1.54, 1.807) is 88.5 Å². The van der Waals surface area contributed by atoms with Crippen molar-refractivity contribution in [2.24, 2.45) is 0 Å². The van der Waals surface area contributed by atoms with E-state index < -0.39 is 41.6 Å². The lowest BCUT2D eigenvalue weighted by molar-refractivity contribution is -0.143. The van der Waals surface area contributed by atoms with E-state index >= 15 is 0 Å². The number of benzene rings is 3. The number of nitrogens with zero attached hydrogens (tertiary/aromatic N) is 1. The van der Waals surface area contributed by atoms with Crippen molar-refractivity contribution in [3.8, 4) is 23.8 Å². The Morgan fingerprint density at radius 3 is 2.20 bits per heavy atom. The van der Waals surface area contributed by atoms with Gasteiger partial charge in [0, 0.05) is 23.7 Å². The van der Waals surface area contributed by atoms with Gasteiger partial charge in [0.25, 0.3) is 5.91 Å². The number of methoxy groups -OCH3 is 1. The molecule has 3 aromatic carbocycles. The Kier molecular flexibility index (Phi) is 11.4. The third kappa shape index (κ3) is 9.01. The number of alkyl carbamates (subject to hydrolysis) is 1. The number of amides is 3. The van der Waals surface area contributed by atoms with Crippen LogP contribution in [0.25, 0.3) is 0 Å². The fourth-order valence-electron chi connectivity index (χ4n) is 4.66. The first-order chi connectivity index (χ1) is 20.9. The van der Waals surface area contributed by atoms with Gasteiger partial charge < -0.3 is 30.1 Å². The molecule has 3 N–H and O–H groups in total. The number of hydrogen-bond donors (Lipinski definition) is 3. The normalized spacial score (nSPS) is 13.0. The molecule has 0 aliphatic heterocycles. The zero-order valence-electron chi connectivity index (χ0n) is 26.1. The first-order valence-corrected chi connectivity index (χ1v) is 14.5. The average molecular weight is 600 g/mol. The summed E-state index contributed by atoms with van der Waals surface area (Å²) in [5, 5.41) is 15.5. The third-order valence-electron chi connectivity index (χ3n) is 6.98. The first-order valence-electron chi connectivity index (χ1n) is 14.5. The van der Waals surface area contributed by atoms with Gasteiger partial charge in [0.05, 0.1) is 7.11 Å². The van der Waals surface area contributed by atoms with Crippen LogP contribution in [0.4, 0.5) is 10.5 Å². The van der Waals surface area contributed by atoms with E-state index in [0.29, 0.717) is 34.5 Å². The number of phenols is 1. The Bertz CT molecular complexity index is 1470. The molecule has 0 saturated heterocycles. The number of terminal acetylenes is 1. The highest BCUT2D eigenvalue weighted by atomic mass is 16.6. The average Bonchev–Trinajstić information content (AvgIpc) is 2.99. The van der Waals surface area contributed by atoms with Crippen LogP contribution < -0.4 is 15.4 Å². The van der Waals surface area contributed by atoms with Crippen LogP contribution in [0.15, 0.2) is 72.8 Å². The van der Waals surface area contributed by atoms with E-state index in [0.717, 1.165) is 0 Å². The number of carbonyl (C=O) groups is 3. The van der Waals surface area contributed by atoms with Crippen LogP contribution in [0.2, 0.25) is 0 Å². The molecule has 0 aliphatic rings. The van der Waals surface area contributed by atoms with Gasteiger partial charge >= 0.3 is 6.09 Å². The molecule has 3 unspecified atom stereocenters. The maximum Gasteiger partial charge on any atom is 0.408 e. The summed E-state index contributed by atoms with van der Waals surface area (Å²) in [4.78, 5) is 43.3. The summed E-state index contributed by atoms with van der Waals surface area (Å²) in [5.41, 5.74) is 1.31. The summed E-state index contributed by atoms with van der Waals surface area (Å²) >= 11 is 0. The Morgan fingerprint density at radius 1 is 1.00 bits per heavy atom. The zero-order chi connectivity index (χ0) is 32.4. The monoisotopic (exact) mass is 599 g/mol. The molecule has 0 fully saturated rings. The van der Waals surface area contributed by atoms with Crippen molar-refractivity contribution in [1.29, 1.82) is 0 Å². The van der Waals surface area contributed by atoms with Crippen LogP contribution in [0, 0.1) is 12.3 Å². The van der Waals surface area contributed by atoms with E-state index in [2.05, 4.69) is 16.6 Å². The fraction of sp³-hybridized carbons (Fsp3) is 0.343. The summed E-state index contributed by atoms with van der Waals surface area (Å²) in [7, 11) is 1.55. The Morgan fingerprint density at radius 2 is 1.64 bits per heavy atom. The van der Waals surface area contributed by atoms with Crippen LogP contribution in [0.3, 0.4) is 0 Å². The molecule has 0 radical (unpaired) electrons. The van der Waals surface area contributed by atoms with Gasteiger partial charge in [-0.1, -0.05) is 43.2 Å². The Balaban J connectivity index is 2.12. The van der Waals surface area contributed by atoms with Gasteiger partial charge in [-0.25, -0.2) is 4.79 Å². The van der Waals surface area contributed by atoms with Gasteiger partial charge in [0.2, 0.25) is 5.91 Å². The minimum atomic E-state index is -1.14. The van der Waals surface area contributed by atoms with Gasteiger partial charge in [-0.15, -0.1) is 6.42 Å². The molecule has 0 saturated carbocycles. The summed E-state index contributed by atoms with van der Waals surface area (Å²) < 4.78 is 10.7. The van der Waals surface area contributed by atoms with Gasteiger partial charge in [0.1, 0.15) is 29.2 Å². The molecular weight excluding hydrogens is 558 g/mol. The number of ether oxygens (including phenoxy) is 2. The molecule has 0 aromatic heterocycles. The number of nitrogens with one attached hydrogen (secondary N) is 2. The molecule has 0 bridgehead atoms. The Hall–Kier alpha value is -4.97. The van der Waals surface area contributed by atoms with Crippen molar-refractivity contribution in [3.05, 3.63) is 89.5 Å². The number of anilines is 1. The smallest absolute Gasteiger partial charge is 0.408 e. The van der Waals surface area contributed by atoms with Gasteiger partial charge in [-0.2, -0.15) is 0 Å². The van der Waals surface area contributed by atoms with Crippen molar-refractivity contribution in [2.75, 3.05) is 12.4 Å². The molecule has 44 heavy (non-hydrogen) atoms. The fourth-order valence-corrected chi connectivity index (χ4v) is 4.66. The molecule has 3 aromatic rings. The topological polar surface area (TPSA) is 117 Å². The van der Waals surface area contributed by atoms with Crippen LogP contribution in [0.5, 0.6) is 11.5 Å². The van der Waals surface area contributed by atoms with Crippen molar-refractivity contribution in [3.63, 3.8) is 0 Å². The summed E-state index contributed by atoms with van der Waals surface area (Å²) in [6.07, 6.45) is 5.67. The maximum atomic E-state index is 14.6. The standard InChI is InChI=1S/C35H41N3O6/c1-8-23(3)38(33(41)30(37-34(42)44-35(4,5)6)22-24-14-18-27(39)19-15-24)31(29-13-11-10-12-25(29)9-2)32(40)36-26-16-20-28(43-7)21-17-26/h2,10-21,23,30-31,39H,8,22H2,1,3-7H3,(H,36,40)(H,37,42). The number of phenolic OH excluding ortho intramolecular Hbond substituents is 1. The third-order valence-corrected chi connectivity index (χ3v) is 6.98. The molecule has 3 amide bonds. The largest absolute Gasteiger partial charge is 0.508 e.